The summed E-state index contributed by atoms with van der Waals surface area (Å²) in [6.07, 6.45) is -0.243. The number of β-lactam (4-membered cyclic amide) rings is 1. The van der Waals surface area contributed by atoms with Crippen LogP contribution in [0, 0.1) is 10.1 Å². The Hall–Kier alpha value is -4.99. The number of rotatable bonds is 14. The number of carbonyl (C=O) groups excluding carboxylic acids is 2. The van der Waals surface area contributed by atoms with Crippen molar-refractivity contribution < 1.29 is 37.1 Å². The van der Waals surface area contributed by atoms with Crippen LogP contribution in [-0.4, -0.2) is 61.3 Å². The summed E-state index contributed by atoms with van der Waals surface area (Å²) in [5, 5.41) is 18.4. The second-order valence-corrected chi connectivity index (χ2v) is 14.4. The van der Waals surface area contributed by atoms with E-state index < -0.39 is 42.8 Å². The van der Waals surface area contributed by atoms with Crippen molar-refractivity contribution in [2.45, 2.75) is 69.1 Å². The van der Waals surface area contributed by atoms with Crippen molar-refractivity contribution in [3.63, 3.8) is 0 Å². The number of hydrogen-bond donors (Lipinski definition) is 0. The lowest BCUT2D eigenvalue weighted by molar-refractivity contribution is -0.384. The lowest BCUT2D eigenvalue weighted by Crippen LogP contribution is -2.58. The van der Waals surface area contributed by atoms with Gasteiger partial charge in [0.2, 0.25) is 5.91 Å². The Labute approximate surface area is 276 Å². The molecule has 3 aromatic carbocycles. The highest BCUT2D eigenvalue weighted by Crippen LogP contribution is 2.47. The van der Waals surface area contributed by atoms with Gasteiger partial charge in [-0.05, 0) is 35.7 Å². The molecule has 2 fully saturated rings. The predicted molar refractivity (Wildman–Crippen MR) is 169 cm³/mol. The lowest BCUT2D eigenvalue weighted by atomic mass is 9.96. The number of sulfone groups is 1. The van der Waals surface area contributed by atoms with Gasteiger partial charge in [0.15, 0.2) is 15.9 Å². The first-order valence-electron chi connectivity index (χ1n) is 15.2. The van der Waals surface area contributed by atoms with Crippen LogP contribution >= 0.6 is 0 Å². The molecule has 0 aliphatic carbocycles. The molecule has 48 heavy (non-hydrogen) atoms. The standard InChI is InChI=1S/C33H33N5O9S/c1-33(31(37-29(39)16-30(37)48(33,43)44)32(40)47-19-25-12-14-26(15-13-25)38(41)42)22-36-28(21-46-18-24-10-6-3-7-11-24)27(34-35-36)20-45-17-23-8-4-2-5-9-23/h2-15,30-31H,16-22H2,1H3/t30-,31+,33+/m1/s1. The smallest absolute Gasteiger partial charge is 0.330 e. The van der Waals surface area contributed by atoms with Crippen molar-refractivity contribution >= 4 is 27.4 Å². The molecule has 15 heteroatoms. The maximum atomic E-state index is 14.0. The number of aromatic nitrogens is 3. The van der Waals surface area contributed by atoms with E-state index in [9.17, 15) is 28.1 Å². The van der Waals surface area contributed by atoms with Crippen LogP contribution in [0.1, 0.15) is 41.4 Å². The number of benzene rings is 3. The van der Waals surface area contributed by atoms with E-state index in [1.165, 1.54) is 35.9 Å². The number of nitrogens with zero attached hydrogens (tertiary/aromatic N) is 5. The highest BCUT2D eigenvalue weighted by molar-refractivity contribution is 7.93. The Balaban J connectivity index is 1.25. The van der Waals surface area contributed by atoms with Crippen LogP contribution in [0.4, 0.5) is 5.69 Å². The zero-order valence-electron chi connectivity index (χ0n) is 26.0. The molecule has 14 nitrogen and oxygen atoms in total. The van der Waals surface area contributed by atoms with Gasteiger partial charge in [0, 0.05) is 12.1 Å². The van der Waals surface area contributed by atoms with Crippen molar-refractivity contribution in [3.05, 3.63) is 123 Å². The van der Waals surface area contributed by atoms with Gasteiger partial charge in [-0.2, -0.15) is 0 Å². The van der Waals surface area contributed by atoms with Gasteiger partial charge in [-0.1, -0.05) is 65.9 Å². The minimum Gasteiger partial charge on any atom is -0.459 e. The third-order valence-electron chi connectivity index (χ3n) is 8.65. The minimum atomic E-state index is -4.11. The zero-order chi connectivity index (χ0) is 33.9. The molecule has 3 atom stereocenters. The van der Waals surface area contributed by atoms with Crippen LogP contribution in [-0.2, 0) is 73.2 Å². The predicted octanol–water partition coefficient (Wildman–Crippen LogP) is 3.48. The van der Waals surface area contributed by atoms with Crippen molar-refractivity contribution in [2.24, 2.45) is 0 Å². The maximum absolute atomic E-state index is 14.0. The molecule has 0 radical (unpaired) electrons. The largest absolute Gasteiger partial charge is 0.459 e. The van der Waals surface area contributed by atoms with Gasteiger partial charge in [-0.25, -0.2) is 17.9 Å². The SMILES string of the molecule is C[C@]1(Cn2nnc(COCc3ccccc3)c2COCc2ccccc2)[C@H](C(=O)OCc2ccc([N+](=O)[O-])cc2)N2C(=O)C[C@H]2S1(=O)=O. The van der Waals surface area contributed by atoms with E-state index in [1.54, 1.807) is 0 Å². The topological polar surface area (TPSA) is 173 Å². The first kappa shape index (κ1) is 32.9. The van der Waals surface area contributed by atoms with Crippen LogP contribution in [0.25, 0.3) is 0 Å². The molecule has 0 saturated carbocycles. The number of esters is 1. The first-order chi connectivity index (χ1) is 23.1. The van der Waals surface area contributed by atoms with Crippen molar-refractivity contribution in [1.82, 2.24) is 19.9 Å². The summed E-state index contributed by atoms with van der Waals surface area (Å²) in [4.78, 5) is 37.9. The molecule has 2 aliphatic heterocycles. The quantitative estimate of drug-likeness (QED) is 0.0829. The van der Waals surface area contributed by atoms with Crippen LogP contribution in [0.15, 0.2) is 84.9 Å². The highest BCUT2D eigenvalue weighted by Gasteiger charge is 2.70. The van der Waals surface area contributed by atoms with E-state index in [2.05, 4.69) is 10.3 Å². The van der Waals surface area contributed by atoms with E-state index in [1.807, 2.05) is 60.7 Å². The molecule has 2 saturated heterocycles. The second-order valence-electron chi connectivity index (χ2n) is 11.8. The fraction of sp³-hybridized carbons (Fsp3) is 0.333. The van der Waals surface area contributed by atoms with Gasteiger partial charge in [0.1, 0.15) is 22.4 Å². The van der Waals surface area contributed by atoms with Gasteiger partial charge >= 0.3 is 5.97 Å². The van der Waals surface area contributed by atoms with Crippen LogP contribution in [0.5, 0.6) is 0 Å². The zero-order valence-corrected chi connectivity index (χ0v) is 26.8. The van der Waals surface area contributed by atoms with Gasteiger partial charge in [0.25, 0.3) is 5.69 Å². The summed E-state index contributed by atoms with van der Waals surface area (Å²) in [7, 11) is -4.11. The van der Waals surface area contributed by atoms with E-state index in [-0.39, 0.29) is 45.1 Å². The fourth-order valence-electron chi connectivity index (χ4n) is 5.96. The van der Waals surface area contributed by atoms with Crippen molar-refractivity contribution in [2.75, 3.05) is 0 Å². The number of non-ortho nitro benzene ring substituents is 1. The van der Waals surface area contributed by atoms with E-state index >= 15 is 0 Å². The Morgan fingerprint density at radius 1 is 0.896 bits per heavy atom. The Morgan fingerprint density at radius 3 is 2.06 bits per heavy atom. The Kier molecular flexibility index (Phi) is 9.35. The third-order valence-corrected chi connectivity index (χ3v) is 11.4. The van der Waals surface area contributed by atoms with Crippen LogP contribution < -0.4 is 0 Å². The van der Waals surface area contributed by atoms with Crippen molar-refractivity contribution in [3.8, 4) is 0 Å². The van der Waals surface area contributed by atoms with E-state index in [0.29, 0.717) is 23.6 Å². The van der Waals surface area contributed by atoms with Gasteiger partial charge in [0.05, 0.1) is 50.0 Å². The molecule has 1 amide bonds. The average Bonchev–Trinajstić information content (AvgIpc) is 3.51. The summed E-state index contributed by atoms with van der Waals surface area (Å²) in [5.41, 5.74) is 3.12. The summed E-state index contributed by atoms with van der Waals surface area (Å²) < 4.78 is 45.0. The van der Waals surface area contributed by atoms with E-state index in [4.69, 9.17) is 14.2 Å². The molecular formula is C33H33N5O9S. The summed E-state index contributed by atoms with van der Waals surface area (Å²) in [5.74, 6) is -1.40. The van der Waals surface area contributed by atoms with Crippen LogP contribution in [0.3, 0.4) is 0 Å². The molecule has 4 aromatic rings. The average molecular weight is 676 g/mol. The molecule has 3 heterocycles. The molecule has 0 N–H and O–H groups in total. The molecule has 6 rings (SSSR count). The number of ether oxygens (including phenoxy) is 3. The Bertz CT molecular complexity index is 1900. The van der Waals surface area contributed by atoms with E-state index in [0.717, 1.165) is 16.0 Å². The number of carbonyl (C=O) groups is 2. The number of nitro benzene ring substituents is 1. The summed E-state index contributed by atoms with van der Waals surface area (Å²) >= 11 is 0. The monoisotopic (exact) mass is 675 g/mol. The normalized spacial score (nSPS) is 21.0. The number of amides is 1. The molecule has 1 aromatic heterocycles. The molecule has 250 valence electrons. The molecule has 0 spiro atoms. The summed E-state index contributed by atoms with van der Waals surface area (Å²) in [6.45, 7) is 1.48. The molecule has 0 bridgehead atoms. The third kappa shape index (κ3) is 6.43. The fourth-order valence-corrected chi connectivity index (χ4v) is 8.31. The van der Waals surface area contributed by atoms with Crippen LogP contribution in [0.2, 0.25) is 0 Å². The van der Waals surface area contributed by atoms with Gasteiger partial charge < -0.3 is 19.1 Å². The van der Waals surface area contributed by atoms with Gasteiger partial charge in [-0.15, -0.1) is 5.10 Å². The lowest BCUT2D eigenvalue weighted by Gasteiger charge is -2.36. The minimum absolute atomic E-state index is 0.0172. The number of nitro groups is 1. The maximum Gasteiger partial charge on any atom is 0.330 e. The van der Waals surface area contributed by atoms with Crippen molar-refractivity contribution in [1.29, 1.82) is 0 Å². The first-order valence-corrected chi connectivity index (χ1v) is 16.7. The summed E-state index contributed by atoms with van der Waals surface area (Å²) in [6, 6.07) is 23.0. The molecule has 0 unspecified atom stereocenters. The Morgan fingerprint density at radius 2 is 1.48 bits per heavy atom. The van der Waals surface area contributed by atoms with Gasteiger partial charge in [-0.3, -0.25) is 14.9 Å². The molecule has 2 aliphatic rings. The molecular weight excluding hydrogens is 642 g/mol. The second kappa shape index (κ2) is 13.6. The number of fused-ring (bicyclic) bond motifs is 1. The number of hydrogen-bond acceptors (Lipinski definition) is 11. The highest BCUT2D eigenvalue weighted by atomic mass is 32.2.